The van der Waals surface area contributed by atoms with Crippen molar-refractivity contribution in [1.82, 2.24) is 30.0 Å². The van der Waals surface area contributed by atoms with Crippen molar-refractivity contribution in [2.45, 2.75) is 24.0 Å². The van der Waals surface area contributed by atoms with Gasteiger partial charge in [-0.1, -0.05) is 54.2 Å². The van der Waals surface area contributed by atoms with Gasteiger partial charge in [0.05, 0.1) is 6.33 Å². The highest BCUT2D eigenvalue weighted by Crippen LogP contribution is 2.21. The maximum Gasteiger partial charge on any atom is 0.251 e. The first-order valence-corrected chi connectivity index (χ1v) is 10.1. The highest BCUT2D eigenvalue weighted by molar-refractivity contribution is 7.98. The Morgan fingerprint density at radius 1 is 1.10 bits per heavy atom. The van der Waals surface area contributed by atoms with Crippen LogP contribution < -0.4 is 5.32 Å². The number of thioether (sulfide) groups is 1. The van der Waals surface area contributed by atoms with Crippen molar-refractivity contribution in [2.24, 2.45) is 0 Å². The fourth-order valence-corrected chi connectivity index (χ4v) is 3.69. The fraction of sp³-hybridized carbons (Fsp3) is 0.143. The Labute approximate surface area is 172 Å². The Morgan fingerprint density at radius 2 is 1.93 bits per heavy atom. The van der Waals surface area contributed by atoms with Crippen LogP contribution in [0.4, 0.5) is 0 Å². The van der Waals surface area contributed by atoms with E-state index in [-0.39, 0.29) is 5.91 Å². The molecule has 1 amide bonds. The summed E-state index contributed by atoms with van der Waals surface area (Å²) in [5, 5.41) is 10.4. The predicted octanol–water partition coefficient (Wildman–Crippen LogP) is 3.27. The molecule has 0 saturated heterocycles. The van der Waals surface area contributed by atoms with Crippen molar-refractivity contribution in [3.8, 4) is 0 Å². The molecule has 29 heavy (non-hydrogen) atoms. The van der Waals surface area contributed by atoms with E-state index < -0.39 is 0 Å². The zero-order chi connectivity index (χ0) is 19.9. The van der Waals surface area contributed by atoms with Gasteiger partial charge in [0.15, 0.2) is 5.16 Å². The van der Waals surface area contributed by atoms with Crippen molar-refractivity contribution >= 4 is 17.7 Å². The molecule has 0 unspecified atom stereocenters. The first-order chi connectivity index (χ1) is 14.3. The van der Waals surface area contributed by atoms with Crippen LogP contribution in [0, 0.1) is 0 Å². The van der Waals surface area contributed by atoms with Gasteiger partial charge in [-0.15, -0.1) is 0 Å². The van der Waals surface area contributed by atoms with Crippen LogP contribution in [0.25, 0.3) is 0 Å². The number of carbonyl (C=O) groups excluding carboxylic acids is 1. The van der Waals surface area contributed by atoms with Gasteiger partial charge in [-0.05, 0) is 22.8 Å². The Morgan fingerprint density at radius 3 is 2.69 bits per heavy atom. The molecular weight excluding hydrogens is 384 g/mol. The summed E-state index contributed by atoms with van der Waals surface area (Å²) < 4.78 is 2.02. The summed E-state index contributed by atoms with van der Waals surface area (Å²) in [6.07, 6.45) is 6.98. The van der Waals surface area contributed by atoms with Gasteiger partial charge in [0, 0.05) is 36.8 Å². The van der Waals surface area contributed by atoms with Crippen molar-refractivity contribution in [3.63, 3.8) is 0 Å². The molecule has 7 nitrogen and oxygen atoms in total. The van der Waals surface area contributed by atoms with E-state index in [1.807, 2.05) is 47.2 Å². The first-order valence-electron chi connectivity index (χ1n) is 9.16. The normalized spacial score (nSPS) is 10.8. The summed E-state index contributed by atoms with van der Waals surface area (Å²) in [7, 11) is 0. The standard InChI is InChI=1S/C21H20N6OS/c28-20(19-4-2-1-3-18(19)13-29-21-24-14-25-26-21)23-11-16-5-7-17(8-6-16)12-27-10-9-22-15-27/h1-10,14-15H,11-13H2,(H,23,28)(H,24,25,26). The Bertz CT molecular complexity index is 1050. The lowest BCUT2D eigenvalue weighted by atomic mass is 10.1. The van der Waals surface area contributed by atoms with E-state index in [2.05, 4.69) is 37.6 Å². The number of amides is 1. The number of benzene rings is 2. The zero-order valence-corrected chi connectivity index (χ0v) is 16.5. The van der Waals surface area contributed by atoms with Crippen LogP contribution >= 0.6 is 11.8 Å². The average Bonchev–Trinajstić information content (AvgIpc) is 3.46. The predicted molar refractivity (Wildman–Crippen MR) is 111 cm³/mol. The van der Waals surface area contributed by atoms with Crippen LogP contribution in [0.5, 0.6) is 0 Å². The molecule has 146 valence electrons. The molecule has 0 aliphatic carbocycles. The third-order valence-corrected chi connectivity index (χ3v) is 5.35. The van der Waals surface area contributed by atoms with Crippen molar-refractivity contribution in [3.05, 3.63) is 95.8 Å². The van der Waals surface area contributed by atoms with Gasteiger partial charge < -0.3 is 9.88 Å². The lowest BCUT2D eigenvalue weighted by Crippen LogP contribution is -2.23. The second-order valence-electron chi connectivity index (χ2n) is 6.47. The number of nitrogens with zero attached hydrogens (tertiary/aromatic N) is 4. The molecule has 2 aromatic carbocycles. The average molecular weight is 404 g/mol. The number of aromatic amines is 1. The van der Waals surface area contributed by atoms with Gasteiger partial charge in [0.2, 0.25) is 0 Å². The molecule has 0 saturated carbocycles. The van der Waals surface area contributed by atoms with Gasteiger partial charge in [0.1, 0.15) is 6.33 Å². The monoisotopic (exact) mass is 404 g/mol. The zero-order valence-electron chi connectivity index (χ0n) is 15.7. The van der Waals surface area contributed by atoms with E-state index in [4.69, 9.17) is 0 Å². The number of carbonyl (C=O) groups is 1. The van der Waals surface area contributed by atoms with Crippen LogP contribution in [0.2, 0.25) is 0 Å². The number of hydrogen-bond donors (Lipinski definition) is 2. The quantitative estimate of drug-likeness (QED) is 0.440. The summed E-state index contributed by atoms with van der Waals surface area (Å²) in [6, 6.07) is 15.8. The molecule has 0 aliphatic heterocycles. The number of nitrogens with one attached hydrogen (secondary N) is 2. The molecule has 0 aliphatic rings. The van der Waals surface area contributed by atoms with Crippen LogP contribution in [0.15, 0.2) is 78.7 Å². The minimum Gasteiger partial charge on any atom is -0.348 e. The van der Waals surface area contributed by atoms with E-state index in [1.54, 1.807) is 12.5 Å². The number of H-pyrrole nitrogens is 1. The fourth-order valence-electron chi connectivity index (χ4n) is 2.91. The SMILES string of the molecule is O=C(NCc1ccc(Cn2ccnc2)cc1)c1ccccc1CSc1ncn[nH]1. The second kappa shape index (κ2) is 9.20. The summed E-state index contributed by atoms with van der Waals surface area (Å²) in [4.78, 5) is 20.9. The lowest BCUT2D eigenvalue weighted by molar-refractivity contribution is 0.0950. The number of imidazole rings is 1. The molecule has 2 heterocycles. The van der Waals surface area contributed by atoms with Crippen LogP contribution in [0.3, 0.4) is 0 Å². The Balaban J connectivity index is 1.34. The molecule has 0 fully saturated rings. The minimum atomic E-state index is -0.0822. The lowest BCUT2D eigenvalue weighted by Gasteiger charge is -2.10. The molecule has 4 aromatic rings. The maximum absolute atomic E-state index is 12.7. The number of rotatable bonds is 8. The van der Waals surface area contributed by atoms with Crippen LogP contribution in [0.1, 0.15) is 27.0 Å². The van der Waals surface area contributed by atoms with Crippen molar-refractivity contribution in [1.29, 1.82) is 0 Å². The number of aromatic nitrogens is 5. The smallest absolute Gasteiger partial charge is 0.251 e. The molecule has 0 spiro atoms. The van der Waals surface area contributed by atoms with E-state index in [0.717, 1.165) is 22.8 Å². The molecular formula is C21H20N6OS. The molecule has 2 N–H and O–H groups in total. The molecule has 4 rings (SSSR count). The Hall–Kier alpha value is -3.39. The van der Waals surface area contributed by atoms with Crippen LogP contribution in [-0.2, 0) is 18.8 Å². The first kappa shape index (κ1) is 18.9. The van der Waals surface area contributed by atoms with E-state index in [1.165, 1.54) is 23.7 Å². The van der Waals surface area contributed by atoms with Gasteiger partial charge in [-0.3, -0.25) is 9.89 Å². The van der Waals surface area contributed by atoms with Gasteiger partial charge in [-0.25, -0.2) is 9.97 Å². The molecule has 0 radical (unpaired) electrons. The summed E-state index contributed by atoms with van der Waals surface area (Å²) in [6.45, 7) is 1.26. The number of hydrogen-bond acceptors (Lipinski definition) is 5. The molecule has 0 atom stereocenters. The summed E-state index contributed by atoms with van der Waals surface area (Å²) in [5.74, 6) is 0.558. The van der Waals surface area contributed by atoms with Crippen molar-refractivity contribution < 1.29 is 4.79 Å². The summed E-state index contributed by atoms with van der Waals surface area (Å²) >= 11 is 1.51. The van der Waals surface area contributed by atoms with E-state index >= 15 is 0 Å². The topological polar surface area (TPSA) is 88.5 Å². The minimum absolute atomic E-state index is 0.0822. The molecule has 0 bridgehead atoms. The van der Waals surface area contributed by atoms with E-state index in [0.29, 0.717) is 17.9 Å². The van der Waals surface area contributed by atoms with Gasteiger partial charge >= 0.3 is 0 Å². The van der Waals surface area contributed by atoms with Crippen molar-refractivity contribution in [2.75, 3.05) is 0 Å². The molecule has 2 aromatic heterocycles. The van der Waals surface area contributed by atoms with E-state index in [9.17, 15) is 4.79 Å². The third-order valence-electron chi connectivity index (χ3n) is 4.42. The Kier molecular flexibility index (Phi) is 6.01. The molecule has 8 heteroatoms. The van der Waals surface area contributed by atoms with Gasteiger partial charge in [0.25, 0.3) is 5.91 Å². The third kappa shape index (κ3) is 5.11. The van der Waals surface area contributed by atoms with Gasteiger partial charge in [-0.2, -0.15) is 5.10 Å². The largest absolute Gasteiger partial charge is 0.348 e. The highest BCUT2D eigenvalue weighted by atomic mass is 32.2. The maximum atomic E-state index is 12.7. The summed E-state index contributed by atoms with van der Waals surface area (Å²) in [5.41, 5.74) is 3.88. The van der Waals surface area contributed by atoms with Crippen LogP contribution in [-0.4, -0.2) is 30.6 Å². The second-order valence-corrected chi connectivity index (χ2v) is 7.43. The highest BCUT2D eigenvalue weighted by Gasteiger charge is 2.11.